The van der Waals surface area contributed by atoms with Gasteiger partial charge in [-0.15, -0.1) is 0 Å². The molecule has 2 heterocycles. The van der Waals surface area contributed by atoms with E-state index in [0.717, 1.165) is 0 Å². The number of carbonyl (C=O) groups is 1. The molecule has 0 spiro atoms. The Balaban J connectivity index is 1.82. The monoisotopic (exact) mass is 428 g/mol. The molecule has 0 bridgehead atoms. The highest BCUT2D eigenvalue weighted by Gasteiger charge is 2.37. The van der Waals surface area contributed by atoms with Crippen LogP contribution in [0.5, 0.6) is 0 Å². The number of halogens is 6. The fourth-order valence-electron chi connectivity index (χ4n) is 2.73. The molecule has 11 heteroatoms. The first kappa shape index (κ1) is 21.3. The number of pyridine rings is 1. The van der Waals surface area contributed by atoms with Crippen molar-refractivity contribution in [2.45, 2.75) is 18.9 Å². The van der Waals surface area contributed by atoms with Crippen LogP contribution in [-0.2, 0) is 25.9 Å². The fraction of sp³-hybridized carbons (Fsp3) is 0.211. The molecule has 0 unspecified atom stereocenters. The maximum Gasteiger partial charge on any atom is 0.416 e. The lowest BCUT2D eigenvalue weighted by Gasteiger charge is -2.14. The van der Waals surface area contributed by atoms with Crippen LogP contribution in [0.15, 0.2) is 48.7 Å². The lowest BCUT2D eigenvalue weighted by Crippen LogP contribution is -2.24. The van der Waals surface area contributed by atoms with Crippen LogP contribution >= 0.6 is 0 Å². The molecule has 0 saturated heterocycles. The highest BCUT2D eigenvalue weighted by atomic mass is 19.4. The van der Waals surface area contributed by atoms with Gasteiger partial charge >= 0.3 is 12.4 Å². The Hall–Kier alpha value is -3.37. The summed E-state index contributed by atoms with van der Waals surface area (Å²) < 4.78 is 79.1. The van der Waals surface area contributed by atoms with E-state index in [1.54, 1.807) is 37.5 Å². The van der Waals surface area contributed by atoms with E-state index >= 15 is 0 Å². The summed E-state index contributed by atoms with van der Waals surface area (Å²) in [5, 5.41) is 6.46. The molecule has 2 aromatic heterocycles. The lowest BCUT2D eigenvalue weighted by atomic mass is 10.0. The first-order chi connectivity index (χ1) is 13.9. The van der Waals surface area contributed by atoms with Crippen LogP contribution in [-0.4, -0.2) is 20.7 Å². The summed E-state index contributed by atoms with van der Waals surface area (Å²) in [6.45, 7) is -0.197. The summed E-state index contributed by atoms with van der Waals surface area (Å²) in [4.78, 5) is 16.4. The number of benzene rings is 1. The maximum atomic E-state index is 12.9. The molecular formula is C19H14F6N4O. The third-order valence-corrected chi connectivity index (χ3v) is 4.14. The Labute approximate surface area is 166 Å². The molecule has 0 radical (unpaired) electrons. The first-order valence-electron chi connectivity index (χ1n) is 8.47. The molecule has 3 rings (SSSR count). The minimum absolute atomic E-state index is 0.0331. The van der Waals surface area contributed by atoms with Gasteiger partial charge in [0.05, 0.1) is 34.8 Å². The van der Waals surface area contributed by atoms with Gasteiger partial charge < -0.3 is 5.32 Å². The number of hydrogen-bond acceptors (Lipinski definition) is 3. The number of nitrogens with zero attached hydrogens (tertiary/aromatic N) is 3. The summed E-state index contributed by atoms with van der Waals surface area (Å²) in [7, 11) is 1.64. The smallest absolute Gasteiger partial charge is 0.346 e. The van der Waals surface area contributed by atoms with Gasteiger partial charge in [0.2, 0.25) is 0 Å². The second kappa shape index (κ2) is 7.81. The summed E-state index contributed by atoms with van der Waals surface area (Å²) >= 11 is 0. The van der Waals surface area contributed by atoms with E-state index in [9.17, 15) is 31.1 Å². The van der Waals surface area contributed by atoms with Crippen LogP contribution in [0.4, 0.5) is 26.3 Å². The SMILES string of the molecule is Cn1nc(CNC(=O)c2cc(C(F)(F)F)cc(C(F)(F)F)c2)cc1-c1ccccn1. The van der Waals surface area contributed by atoms with E-state index in [1.807, 2.05) is 0 Å². The number of aromatic nitrogens is 3. The van der Waals surface area contributed by atoms with Crippen molar-refractivity contribution in [3.8, 4) is 11.4 Å². The molecule has 158 valence electrons. The van der Waals surface area contributed by atoms with Gasteiger partial charge in [-0.05, 0) is 36.4 Å². The molecule has 0 aliphatic heterocycles. The van der Waals surface area contributed by atoms with Crippen molar-refractivity contribution in [3.05, 3.63) is 71.0 Å². The number of carbonyl (C=O) groups excluding carboxylic acids is 1. The van der Waals surface area contributed by atoms with E-state index in [4.69, 9.17) is 0 Å². The predicted octanol–water partition coefficient (Wildman–Crippen LogP) is 4.45. The highest BCUT2D eigenvalue weighted by molar-refractivity contribution is 5.94. The van der Waals surface area contributed by atoms with Crippen molar-refractivity contribution >= 4 is 5.91 Å². The van der Waals surface area contributed by atoms with Crippen molar-refractivity contribution < 1.29 is 31.1 Å². The number of hydrogen-bond donors (Lipinski definition) is 1. The Morgan fingerprint density at radius 3 is 2.17 bits per heavy atom. The van der Waals surface area contributed by atoms with Gasteiger partial charge in [-0.25, -0.2) is 0 Å². The van der Waals surface area contributed by atoms with Gasteiger partial charge in [0.15, 0.2) is 0 Å². The molecular weight excluding hydrogens is 414 g/mol. The first-order valence-corrected chi connectivity index (χ1v) is 8.47. The molecule has 30 heavy (non-hydrogen) atoms. The second-order valence-corrected chi connectivity index (χ2v) is 6.34. The number of nitrogens with one attached hydrogen (secondary N) is 1. The number of aryl methyl sites for hydroxylation is 1. The molecule has 0 saturated carbocycles. The maximum absolute atomic E-state index is 12.9. The standard InChI is InChI=1S/C19H14F6N4O/c1-29-16(15-4-2-3-5-26-15)9-14(28-29)10-27-17(30)11-6-12(18(20,21)22)8-13(7-11)19(23,24)25/h2-9H,10H2,1H3,(H,27,30). The summed E-state index contributed by atoms with van der Waals surface area (Å²) in [5.74, 6) is -1.09. The molecule has 0 aliphatic rings. The summed E-state index contributed by atoms with van der Waals surface area (Å²) in [6.07, 6.45) is -8.49. The number of alkyl halides is 6. The van der Waals surface area contributed by atoms with Crippen LogP contribution < -0.4 is 5.32 Å². The van der Waals surface area contributed by atoms with Crippen molar-refractivity contribution in [1.82, 2.24) is 20.1 Å². The van der Waals surface area contributed by atoms with E-state index in [2.05, 4.69) is 15.4 Å². The number of rotatable bonds is 4. The lowest BCUT2D eigenvalue weighted by molar-refractivity contribution is -0.143. The van der Waals surface area contributed by atoms with Crippen molar-refractivity contribution in [2.75, 3.05) is 0 Å². The van der Waals surface area contributed by atoms with Gasteiger partial charge in [0, 0.05) is 18.8 Å². The van der Waals surface area contributed by atoms with Gasteiger partial charge in [0.1, 0.15) is 0 Å². The molecule has 0 atom stereocenters. The zero-order valence-corrected chi connectivity index (χ0v) is 15.3. The molecule has 3 aromatic rings. The van der Waals surface area contributed by atoms with E-state index in [-0.39, 0.29) is 12.6 Å². The molecule has 1 aromatic carbocycles. The summed E-state index contributed by atoms with van der Waals surface area (Å²) in [6, 6.07) is 7.56. The Bertz CT molecular complexity index is 1020. The fourth-order valence-corrected chi connectivity index (χ4v) is 2.73. The summed E-state index contributed by atoms with van der Waals surface area (Å²) in [5.41, 5.74) is -2.28. The topological polar surface area (TPSA) is 59.8 Å². The minimum atomic E-state index is -5.03. The number of amides is 1. The second-order valence-electron chi connectivity index (χ2n) is 6.34. The van der Waals surface area contributed by atoms with Crippen LogP contribution in [0.1, 0.15) is 27.2 Å². The van der Waals surface area contributed by atoms with Crippen molar-refractivity contribution in [3.63, 3.8) is 0 Å². The van der Waals surface area contributed by atoms with Crippen molar-refractivity contribution in [1.29, 1.82) is 0 Å². The molecule has 5 nitrogen and oxygen atoms in total. The minimum Gasteiger partial charge on any atom is -0.346 e. The molecule has 0 aliphatic carbocycles. The van der Waals surface area contributed by atoms with E-state index < -0.39 is 35.0 Å². The van der Waals surface area contributed by atoms with Gasteiger partial charge in [-0.1, -0.05) is 6.07 Å². The third-order valence-electron chi connectivity index (χ3n) is 4.14. The Morgan fingerprint density at radius 2 is 1.63 bits per heavy atom. The molecule has 1 amide bonds. The van der Waals surface area contributed by atoms with Gasteiger partial charge in [-0.2, -0.15) is 31.4 Å². The largest absolute Gasteiger partial charge is 0.416 e. The zero-order valence-electron chi connectivity index (χ0n) is 15.3. The zero-order chi connectivity index (χ0) is 22.1. The van der Waals surface area contributed by atoms with E-state index in [0.29, 0.717) is 29.2 Å². The van der Waals surface area contributed by atoms with Crippen LogP contribution in [0.3, 0.4) is 0 Å². The predicted molar refractivity (Wildman–Crippen MR) is 94.1 cm³/mol. The van der Waals surface area contributed by atoms with Gasteiger partial charge in [-0.3, -0.25) is 14.5 Å². The quantitative estimate of drug-likeness (QED) is 0.625. The van der Waals surface area contributed by atoms with Crippen molar-refractivity contribution in [2.24, 2.45) is 7.05 Å². The average molecular weight is 428 g/mol. The molecule has 0 fully saturated rings. The van der Waals surface area contributed by atoms with Gasteiger partial charge in [0.25, 0.3) is 5.91 Å². The van der Waals surface area contributed by atoms with Crippen LogP contribution in [0.25, 0.3) is 11.4 Å². The third kappa shape index (κ3) is 4.78. The highest BCUT2D eigenvalue weighted by Crippen LogP contribution is 2.36. The molecule has 1 N–H and O–H groups in total. The Kier molecular flexibility index (Phi) is 5.55. The van der Waals surface area contributed by atoms with E-state index in [1.165, 1.54) is 4.68 Å². The normalized spacial score (nSPS) is 12.1. The average Bonchev–Trinajstić information content (AvgIpc) is 3.05. The Morgan fingerprint density at radius 1 is 1.00 bits per heavy atom. The van der Waals surface area contributed by atoms with Crippen LogP contribution in [0, 0.1) is 0 Å². The van der Waals surface area contributed by atoms with Crippen LogP contribution in [0.2, 0.25) is 0 Å².